The Morgan fingerprint density at radius 3 is 2.14 bits per heavy atom. The molecule has 2 aromatic carbocycles. The van der Waals surface area contributed by atoms with Gasteiger partial charge in [-0.05, 0) is 29.5 Å². The Bertz CT molecular complexity index is 786. The van der Waals surface area contributed by atoms with Crippen molar-refractivity contribution in [3.8, 4) is 0 Å². The smallest absolute Gasteiger partial charge is 0.238 e. The fourth-order valence-corrected chi connectivity index (χ4v) is 3.82. The van der Waals surface area contributed by atoms with Gasteiger partial charge < -0.3 is 5.32 Å². The monoisotopic (exact) mass is 391 g/mol. The Morgan fingerprint density at radius 2 is 1.52 bits per heavy atom. The molecule has 1 aliphatic rings. The second kappa shape index (κ2) is 10.9. The number of carbonyl (C=O) groups excluding carboxylic acids is 1. The molecule has 1 aliphatic heterocycles. The molecule has 0 bridgehead atoms. The summed E-state index contributed by atoms with van der Waals surface area (Å²) in [5.74, 6) is 0.0954. The first kappa shape index (κ1) is 21.3. The molecule has 1 heterocycles. The summed E-state index contributed by atoms with van der Waals surface area (Å²) in [7, 11) is 0. The maximum atomic E-state index is 12.6. The van der Waals surface area contributed by atoms with Gasteiger partial charge in [0.1, 0.15) is 0 Å². The molecule has 4 nitrogen and oxygen atoms in total. The van der Waals surface area contributed by atoms with E-state index in [0.717, 1.165) is 51.3 Å². The Hall–Kier alpha value is -2.43. The topological polar surface area (TPSA) is 35.6 Å². The number of carbonyl (C=O) groups is 1. The Balaban J connectivity index is 1.45. The summed E-state index contributed by atoms with van der Waals surface area (Å²) in [6.07, 6.45) is 6.26. The van der Waals surface area contributed by atoms with Crippen LogP contribution < -0.4 is 5.32 Å². The highest BCUT2D eigenvalue weighted by atomic mass is 16.2. The van der Waals surface area contributed by atoms with Crippen molar-refractivity contribution in [2.45, 2.75) is 26.7 Å². The predicted octanol–water partition coefficient (Wildman–Crippen LogP) is 4.08. The molecule has 0 saturated carbocycles. The van der Waals surface area contributed by atoms with Gasteiger partial charge in [-0.15, -0.1) is 0 Å². The van der Waals surface area contributed by atoms with Gasteiger partial charge in [0.2, 0.25) is 5.91 Å². The number of benzene rings is 2. The second-order valence-electron chi connectivity index (χ2n) is 7.60. The third kappa shape index (κ3) is 6.28. The van der Waals surface area contributed by atoms with Crippen LogP contribution >= 0.6 is 0 Å². The van der Waals surface area contributed by atoms with Gasteiger partial charge in [-0.2, -0.15) is 0 Å². The fourth-order valence-electron chi connectivity index (χ4n) is 3.82. The van der Waals surface area contributed by atoms with E-state index in [4.69, 9.17) is 0 Å². The van der Waals surface area contributed by atoms with Gasteiger partial charge in [0, 0.05) is 38.4 Å². The van der Waals surface area contributed by atoms with Crippen molar-refractivity contribution in [3.05, 3.63) is 71.3 Å². The first-order valence-electron chi connectivity index (χ1n) is 10.8. The highest BCUT2D eigenvalue weighted by Crippen LogP contribution is 2.22. The molecule has 0 unspecified atom stereocenters. The SMILES string of the molecule is CCc1cccc(CC)c1NC(=O)CN1CCN(C/C=C/c2ccccc2)CC1. The number of amides is 1. The van der Waals surface area contributed by atoms with Crippen molar-refractivity contribution in [2.24, 2.45) is 0 Å². The molecule has 4 heteroatoms. The minimum Gasteiger partial charge on any atom is -0.324 e. The van der Waals surface area contributed by atoms with Crippen LogP contribution in [0.25, 0.3) is 6.08 Å². The minimum absolute atomic E-state index is 0.0954. The summed E-state index contributed by atoms with van der Waals surface area (Å²) in [5, 5.41) is 3.19. The number of nitrogens with one attached hydrogen (secondary N) is 1. The number of nitrogens with zero attached hydrogens (tertiary/aromatic N) is 2. The van der Waals surface area contributed by atoms with Crippen LogP contribution in [0.1, 0.15) is 30.5 Å². The van der Waals surface area contributed by atoms with Crippen molar-refractivity contribution in [1.82, 2.24) is 9.80 Å². The highest BCUT2D eigenvalue weighted by Gasteiger charge is 2.19. The molecule has 3 rings (SSSR count). The molecule has 1 amide bonds. The Labute approximate surface area is 175 Å². The molecule has 1 fully saturated rings. The number of hydrogen-bond acceptors (Lipinski definition) is 3. The third-order valence-electron chi connectivity index (χ3n) is 5.57. The maximum Gasteiger partial charge on any atom is 0.238 e. The van der Waals surface area contributed by atoms with Crippen LogP contribution in [0.5, 0.6) is 0 Å². The summed E-state index contributed by atoms with van der Waals surface area (Å²) in [6, 6.07) is 16.7. The molecular weight excluding hydrogens is 358 g/mol. The molecule has 0 spiro atoms. The first-order valence-corrected chi connectivity index (χ1v) is 10.8. The summed E-state index contributed by atoms with van der Waals surface area (Å²) in [5.41, 5.74) is 4.69. The van der Waals surface area contributed by atoms with E-state index in [0.29, 0.717) is 6.54 Å². The van der Waals surface area contributed by atoms with Crippen LogP contribution in [-0.2, 0) is 17.6 Å². The summed E-state index contributed by atoms with van der Waals surface area (Å²) in [4.78, 5) is 17.3. The minimum atomic E-state index is 0.0954. The lowest BCUT2D eigenvalue weighted by molar-refractivity contribution is -0.117. The van der Waals surface area contributed by atoms with Crippen LogP contribution in [0.2, 0.25) is 0 Å². The van der Waals surface area contributed by atoms with E-state index in [9.17, 15) is 4.79 Å². The average molecular weight is 392 g/mol. The van der Waals surface area contributed by atoms with Gasteiger partial charge in [-0.25, -0.2) is 0 Å². The number of para-hydroxylation sites is 1. The highest BCUT2D eigenvalue weighted by molar-refractivity contribution is 5.93. The van der Waals surface area contributed by atoms with Gasteiger partial charge in [-0.1, -0.05) is 74.5 Å². The molecule has 0 aliphatic carbocycles. The van der Waals surface area contributed by atoms with Crippen LogP contribution in [0.4, 0.5) is 5.69 Å². The van der Waals surface area contributed by atoms with Crippen molar-refractivity contribution in [1.29, 1.82) is 0 Å². The van der Waals surface area contributed by atoms with Crippen molar-refractivity contribution < 1.29 is 4.79 Å². The van der Waals surface area contributed by atoms with Gasteiger partial charge in [0.15, 0.2) is 0 Å². The van der Waals surface area contributed by atoms with Crippen LogP contribution in [0.3, 0.4) is 0 Å². The van der Waals surface area contributed by atoms with Gasteiger partial charge in [0.25, 0.3) is 0 Å². The summed E-state index contributed by atoms with van der Waals surface area (Å²) < 4.78 is 0. The molecule has 1 saturated heterocycles. The summed E-state index contributed by atoms with van der Waals surface area (Å²) in [6.45, 7) is 9.56. The van der Waals surface area contributed by atoms with E-state index in [-0.39, 0.29) is 5.91 Å². The lowest BCUT2D eigenvalue weighted by atomic mass is 10.0. The number of piperazine rings is 1. The largest absolute Gasteiger partial charge is 0.324 e. The molecule has 0 atom stereocenters. The van der Waals surface area contributed by atoms with E-state index < -0.39 is 0 Å². The van der Waals surface area contributed by atoms with E-state index in [1.165, 1.54) is 16.7 Å². The first-order chi connectivity index (χ1) is 14.2. The number of anilines is 1. The van der Waals surface area contributed by atoms with Crippen LogP contribution in [-0.4, -0.2) is 55.0 Å². The zero-order valence-corrected chi connectivity index (χ0v) is 17.7. The molecule has 1 N–H and O–H groups in total. The zero-order chi connectivity index (χ0) is 20.5. The average Bonchev–Trinajstić information content (AvgIpc) is 2.76. The Kier molecular flexibility index (Phi) is 8.03. The van der Waals surface area contributed by atoms with Gasteiger partial charge in [-0.3, -0.25) is 14.6 Å². The second-order valence-corrected chi connectivity index (χ2v) is 7.60. The molecule has 2 aromatic rings. The Morgan fingerprint density at radius 1 is 0.897 bits per heavy atom. The molecule has 0 aromatic heterocycles. The summed E-state index contributed by atoms with van der Waals surface area (Å²) >= 11 is 0. The standard InChI is InChI=1S/C25H33N3O/c1-3-22-13-8-14-23(4-2)25(22)26-24(29)20-28-18-16-27(17-19-28)15-9-12-21-10-6-5-7-11-21/h5-14H,3-4,15-20H2,1-2H3,(H,26,29)/b12-9+. The van der Waals surface area contributed by atoms with E-state index >= 15 is 0 Å². The molecule has 154 valence electrons. The normalized spacial score (nSPS) is 15.7. The van der Waals surface area contributed by atoms with Crippen LogP contribution in [0.15, 0.2) is 54.6 Å². The molecule has 29 heavy (non-hydrogen) atoms. The van der Waals surface area contributed by atoms with Crippen molar-refractivity contribution in [3.63, 3.8) is 0 Å². The van der Waals surface area contributed by atoms with E-state index in [1.54, 1.807) is 0 Å². The van der Waals surface area contributed by atoms with Gasteiger partial charge >= 0.3 is 0 Å². The van der Waals surface area contributed by atoms with E-state index in [2.05, 4.69) is 83.6 Å². The van der Waals surface area contributed by atoms with Crippen LogP contribution in [0, 0.1) is 0 Å². The van der Waals surface area contributed by atoms with Gasteiger partial charge in [0.05, 0.1) is 6.54 Å². The quantitative estimate of drug-likeness (QED) is 0.736. The lowest BCUT2D eigenvalue weighted by Gasteiger charge is -2.33. The number of rotatable bonds is 8. The predicted molar refractivity (Wildman–Crippen MR) is 122 cm³/mol. The lowest BCUT2D eigenvalue weighted by Crippen LogP contribution is -2.48. The van der Waals surface area contributed by atoms with Crippen molar-refractivity contribution >= 4 is 17.7 Å². The number of hydrogen-bond donors (Lipinski definition) is 1. The molecule has 0 radical (unpaired) electrons. The molecular formula is C25H33N3O. The zero-order valence-electron chi connectivity index (χ0n) is 17.7. The third-order valence-corrected chi connectivity index (χ3v) is 5.57. The van der Waals surface area contributed by atoms with E-state index in [1.807, 2.05) is 6.07 Å². The maximum absolute atomic E-state index is 12.6. The fraction of sp³-hybridized carbons (Fsp3) is 0.400. The number of aryl methyl sites for hydroxylation is 2. The van der Waals surface area contributed by atoms with Crippen molar-refractivity contribution in [2.75, 3.05) is 44.6 Å².